The van der Waals surface area contributed by atoms with E-state index < -0.39 is 57.5 Å². The van der Waals surface area contributed by atoms with Crippen LogP contribution in [-0.2, 0) is 19.2 Å². The van der Waals surface area contributed by atoms with Crippen molar-refractivity contribution in [3.63, 3.8) is 0 Å². The lowest BCUT2D eigenvalue weighted by Crippen LogP contribution is -2.53. The number of aromatic hydroxyl groups is 1. The van der Waals surface area contributed by atoms with Crippen LogP contribution < -0.4 is 0 Å². The summed E-state index contributed by atoms with van der Waals surface area (Å²) in [5.74, 6) is -6.76. The Morgan fingerprint density at radius 2 is 1.93 bits per heavy atom. The van der Waals surface area contributed by atoms with Gasteiger partial charge in [0.1, 0.15) is 17.5 Å². The molecule has 1 aromatic carbocycles. The van der Waals surface area contributed by atoms with Crippen LogP contribution in [0.2, 0.25) is 0 Å². The molecule has 4 atom stereocenters. The molecule has 0 radical (unpaired) electrons. The lowest BCUT2D eigenvalue weighted by Gasteiger charge is -2.37. The number of aliphatic hydroxyl groups is 2. The van der Waals surface area contributed by atoms with Crippen molar-refractivity contribution in [3.05, 3.63) is 52.8 Å². The molecule has 0 amide bonds. The summed E-state index contributed by atoms with van der Waals surface area (Å²) in [6.07, 6.45) is 1.67. The maximum atomic E-state index is 13.3. The van der Waals surface area contributed by atoms with Gasteiger partial charge in [-0.25, -0.2) is 4.89 Å². The number of ether oxygens (including phenoxy) is 2. The minimum atomic E-state index is -2.69. The van der Waals surface area contributed by atoms with E-state index in [0.29, 0.717) is 0 Å². The van der Waals surface area contributed by atoms with Gasteiger partial charge in [0.25, 0.3) is 11.6 Å². The molecule has 1 aliphatic carbocycles. The third-order valence-corrected chi connectivity index (χ3v) is 6.02. The molecule has 5 heterocycles. The molecule has 3 bridgehead atoms. The second kappa shape index (κ2) is 4.37. The van der Waals surface area contributed by atoms with Gasteiger partial charge >= 0.3 is 0 Å². The molecule has 5 aliphatic heterocycles. The monoisotopic (exact) mass is 386 g/mol. The normalized spacial score (nSPS) is 41.5. The molecule has 28 heavy (non-hydrogen) atoms. The van der Waals surface area contributed by atoms with Gasteiger partial charge in [-0.3, -0.25) is 9.59 Å². The third-order valence-electron chi connectivity index (χ3n) is 6.02. The highest BCUT2D eigenvalue weighted by molar-refractivity contribution is 6.28. The Balaban J connectivity index is 1.72. The largest absolute Gasteiger partial charge is 0.507 e. The van der Waals surface area contributed by atoms with Crippen molar-refractivity contribution in [2.45, 2.75) is 42.2 Å². The standard InChI is InChI=1S/C19H14O9/c1-16-7-17-5-6-18(28-27-17)11(14(25-17)19(23,24)15(16)26-16)12(21)8-3-2-4-9(20)10(8)13(18)22/h2-6,15,20,23-24H,7H2,1H3/t15-,16-,17?,18?/m1/s1. The number of fused-ring (bicyclic) bond motifs is 3. The summed E-state index contributed by atoms with van der Waals surface area (Å²) in [7, 11) is 0. The van der Waals surface area contributed by atoms with Crippen molar-refractivity contribution in [1.29, 1.82) is 0 Å². The molecule has 7 rings (SSSR count). The van der Waals surface area contributed by atoms with E-state index in [1.165, 1.54) is 30.4 Å². The summed E-state index contributed by atoms with van der Waals surface area (Å²) < 4.78 is 11.3. The van der Waals surface area contributed by atoms with E-state index in [1.807, 2.05) is 0 Å². The predicted octanol–water partition coefficient (Wildman–Crippen LogP) is 0.251. The first-order valence-electron chi connectivity index (χ1n) is 8.69. The number of phenols is 1. The molecular weight excluding hydrogens is 372 g/mol. The number of benzene rings is 1. The molecular formula is C19H14O9. The molecule has 3 N–H and O–H groups in total. The number of hydrogen-bond donors (Lipinski definition) is 3. The fourth-order valence-electron chi connectivity index (χ4n) is 4.66. The van der Waals surface area contributed by atoms with Crippen LogP contribution in [0.3, 0.4) is 0 Å². The molecule has 0 aromatic heterocycles. The van der Waals surface area contributed by atoms with Gasteiger partial charge in [-0.15, -0.1) is 0 Å². The summed E-state index contributed by atoms with van der Waals surface area (Å²) in [5.41, 5.74) is -3.84. The zero-order chi connectivity index (χ0) is 19.7. The Labute approximate surface area is 157 Å². The summed E-state index contributed by atoms with van der Waals surface area (Å²) in [6, 6.07) is 4.04. The number of rotatable bonds is 0. The highest BCUT2D eigenvalue weighted by atomic mass is 17.2. The van der Waals surface area contributed by atoms with Gasteiger partial charge in [0.15, 0.2) is 11.5 Å². The van der Waals surface area contributed by atoms with E-state index in [0.717, 1.165) is 0 Å². The molecule has 2 saturated heterocycles. The molecule has 9 nitrogen and oxygen atoms in total. The Morgan fingerprint density at radius 3 is 2.64 bits per heavy atom. The molecule has 2 spiro atoms. The van der Waals surface area contributed by atoms with Gasteiger partial charge < -0.3 is 24.8 Å². The summed E-state index contributed by atoms with van der Waals surface area (Å²) in [5, 5.41) is 31.9. The van der Waals surface area contributed by atoms with Crippen molar-refractivity contribution in [1.82, 2.24) is 0 Å². The average Bonchev–Trinajstić information content (AvgIpc) is 3.38. The van der Waals surface area contributed by atoms with Crippen LogP contribution in [0, 0.1) is 0 Å². The zero-order valence-corrected chi connectivity index (χ0v) is 14.5. The van der Waals surface area contributed by atoms with Crippen LogP contribution in [0.15, 0.2) is 41.7 Å². The highest BCUT2D eigenvalue weighted by Gasteiger charge is 2.75. The lowest BCUT2D eigenvalue weighted by atomic mass is 9.72. The summed E-state index contributed by atoms with van der Waals surface area (Å²) in [4.78, 5) is 37.5. The van der Waals surface area contributed by atoms with Crippen molar-refractivity contribution in [3.8, 4) is 5.75 Å². The van der Waals surface area contributed by atoms with E-state index >= 15 is 0 Å². The number of epoxide rings is 1. The van der Waals surface area contributed by atoms with Crippen LogP contribution >= 0.6 is 0 Å². The SMILES string of the molecule is C[C@@]12CC34C=CC5(OO3)C(=O)c3c(O)cccc3C(=O)C5=C(O4)C(O)(O)[C@@H]1O2. The number of ketones is 2. The molecule has 1 aromatic rings. The van der Waals surface area contributed by atoms with Crippen molar-refractivity contribution in [2.75, 3.05) is 0 Å². The van der Waals surface area contributed by atoms with Crippen molar-refractivity contribution >= 4 is 11.6 Å². The van der Waals surface area contributed by atoms with E-state index in [-0.39, 0.29) is 17.5 Å². The first-order chi connectivity index (χ1) is 13.1. The van der Waals surface area contributed by atoms with E-state index in [9.17, 15) is 24.9 Å². The summed E-state index contributed by atoms with van der Waals surface area (Å²) in [6.45, 7) is 1.65. The van der Waals surface area contributed by atoms with E-state index in [2.05, 4.69) is 0 Å². The van der Waals surface area contributed by atoms with Gasteiger partial charge in [-0.2, -0.15) is 4.89 Å². The van der Waals surface area contributed by atoms with Crippen LogP contribution in [0.1, 0.15) is 34.1 Å². The van der Waals surface area contributed by atoms with E-state index in [1.54, 1.807) is 6.92 Å². The fourth-order valence-corrected chi connectivity index (χ4v) is 4.66. The minimum absolute atomic E-state index is 0.0392. The summed E-state index contributed by atoms with van der Waals surface area (Å²) >= 11 is 0. The van der Waals surface area contributed by atoms with Gasteiger partial charge in [0.2, 0.25) is 11.4 Å². The van der Waals surface area contributed by atoms with Gasteiger partial charge in [0, 0.05) is 5.56 Å². The van der Waals surface area contributed by atoms with Crippen molar-refractivity contribution in [2.24, 2.45) is 0 Å². The van der Waals surface area contributed by atoms with Gasteiger partial charge in [-0.05, 0) is 25.1 Å². The predicted molar refractivity (Wildman–Crippen MR) is 86.7 cm³/mol. The maximum absolute atomic E-state index is 13.3. The second-order valence-corrected chi connectivity index (χ2v) is 7.93. The Kier molecular flexibility index (Phi) is 2.56. The smallest absolute Gasteiger partial charge is 0.262 e. The number of Topliss-reactive ketones (excluding diaryl/α,β-unsaturated/α-hetero) is 2. The van der Waals surface area contributed by atoms with E-state index in [4.69, 9.17) is 19.2 Å². The van der Waals surface area contributed by atoms with Gasteiger partial charge in [0.05, 0.1) is 17.6 Å². The van der Waals surface area contributed by atoms with Crippen LogP contribution in [-0.4, -0.2) is 55.8 Å². The Bertz CT molecular complexity index is 1070. The topological polar surface area (TPSA) is 135 Å². The first-order valence-corrected chi connectivity index (χ1v) is 8.69. The van der Waals surface area contributed by atoms with Crippen LogP contribution in [0.25, 0.3) is 0 Å². The molecule has 6 aliphatic rings. The molecule has 9 heteroatoms. The number of phenolic OH excluding ortho intramolecular Hbond substituents is 1. The van der Waals surface area contributed by atoms with Crippen LogP contribution in [0.4, 0.5) is 0 Å². The third kappa shape index (κ3) is 1.62. The van der Waals surface area contributed by atoms with Gasteiger partial charge in [-0.1, -0.05) is 12.1 Å². The molecule has 2 unspecified atom stereocenters. The average molecular weight is 386 g/mol. The Morgan fingerprint density at radius 1 is 1.14 bits per heavy atom. The highest BCUT2D eigenvalue weighted by Crippen LogP contribution is 2.59. The Hall–Kier alpha value is -2.56. The number of carbonyl (C=O) groups is 2. The zero-order valence-electron chi connectivity index (χ0n) is 14.5. The molecule has 2 fully saturated rings. The molecule has 144 valence electrons. The lowest BCUT2D eigenvalue weighted by molar-refractivity contribution is -0.429. The van der Waals surface area contributed by atoms with Crippen LogP contribution in [0.5, 0.6) is 5.75 Å². The quantitative estimate of drug-likeness (QED) is 0.248. The first kappa shape index (κ1) is 16.4. The minimum Gasteiger partial charge on any atom is -0.507 e. The fraction of sp³-hybridized carbons (Fsp3) is 0.368. The second-order valence-electron chi connectivity index (χ2n) is 7.93. The maximum Gasteiger partial charge on any atom is 0.262 e. The van der Waals surface area contributed by atoms with Crippen molar-refractivity contribution < 1.29 is 44.2 Å². The number of carbonyl (C=O) groups excluding carboxylic acids is 2. The number of hydrogen-bond acceptors (Lipinski definition) is 9. The molecule has 0 saturated carbocycles.